The van der Waals surface area contributed by atoms with Gasteiger partial charge >= 0.3 is 0 Å². The minimum Gasteiger partial charge on any atom is -0.497 e. The molecule has 1 N–H and O–H groups in total. The molecule has 2 amide bonds. The van der Waals surface area contributed by atoms with E-state index in [-0.39, 0.29) is 18.4 Å². The van der Waals surface area contributed by atoms with Gasteiger partial charge in [0.15, 0.2) is 6.10 Å². The van der Waals surface area contributed by atoms with E-state index in [0.29, 0.717) is 11.4 Å². The number of amides is 2. The van der Waals surface area contributed by atoms with Crippen molar-refractivity contribution in [3.05, 3.63) is 60.2 Å². The topological polar surface area (TPSA) is 67.9 Å². The molecule has 2 atom stereocenters. The van der Waals surface area contributed by atoms with Crippen LogP contribution in [0.2, 0.25) is 0 Å². The molecule has 1 aliphatic heterocycles. The first-order valence-electron chi connectivity index (χ1n) is 7.97. The average molecular weight is 340 g/mol. The predicted molar refractivity (Wildman–Crippen MR) is 93.3 cm³/mol. The highest BCUT2D eigenvalue weighted by atomic mass is 16.5. The van der Waals surface area contributed by atoms with Gasteiger partial charge in [-0.3, -0.25) is 9.59 Å². The maximum absolute atomic E-state index is 12.8. The highest BCUT2D eigenvalue weighted by molar-refractivity contribution is 5.96. The van der Waals surface area contributed by atoms with Crippen molar-refractivity contribution in [3.63, 3.8) is 0 Å². The molecule has 130 valence electrons. The molecule has 1 saturated heterocycles. The Balaban J connectivity index is 1.82. The molecule has 6 nitrogen and oxygen atoms in total. The third kappa shape index (κ3) is 3.64. The summed E-state index contributed by atoms with van der Waals surface area (Å²) < 4.78 is 10.7. The number of benzene rings is 2. The van der Waals surface area contributed by atoms with Gasteiger partial charge in [-0.1, -0.05) is 30.3 Å². The third-order valence-corrected chi connectivity index (χ3v) is 4.24. The van der Waals surface area contributed by atoms with Crippen molar-refractivity contribution < 1.29 is 19.1 Å². The van der Waals surface area contributed by atoms with Gasteiger partial charge in [-0.15, -0.1) is 0 Å². The molecule has 1 aliphatic rings. The van der Waals surface area contributed by atoms with Crippen LogP contribution in [0.4, 0.5) is 5.69 Å². The number of nitrogens with one attached hydrogen (secondary N) is 1. The molecule has 1 heterocycles. The number of carbonyl (C=O) groups is 2. The van der Waals surface area contributed by atoms with Crippen molar-refractivity contribution in [2.75, 3.05) is 26.1 Å². The number of rotatable bonds is 4. The van der Waals surface area contributed by atoms with Crippen molar-refractivity contribution in [2.45, 2.75) is 12.1 Å². The Morgan fingerprint density at radius 3 is 2.48 bits per heavy atom. The van der Waals surface area contributed by atoms with Crippen LogP contribution in [0, 0.1) is 0 Å². The summed E-state index contributed by atoms with van der Waals surface area (Å²) in [6.45, 7) is -0.111. The van der Waals surface area contributed by atoms with Gasteiger partial charge in [0.1, 0.15) is 12.4 Å². The van der Waals surface area contributed by atoms with Crippen molar-refractivity contribution in [1.29, 1.82) is 0 Å². The van der Waals surface area contributed by atoms with E-state index in [9.17, 15) is 9.59 Å². The summed E-state index contributed by atoms with van der Waals surface area (Å²) in [6, 6.07) is 16.0. The number of nitrogens with zero attached hydrogens (tertiary/aromatic N) is 1. The number of likely N-dealkylation sites (N-methyl/N-ethyl adjacent to an activating group) is 1. The molecular formula is C19H20N2O4. The van der Waals surface area contributed by atoms with E-state index in [4.69, 9.17) is 9.47 Å². The van der Waals surface area contributed by atoms with Crippen molar-refractivity contribution in [3.8, 4) is 5.75 Å². The number of ether oxygens (including phenoxy) is 2. The fourth-order valence-electron chi connectivity index (χ4n) is 2.87. The van der Waals surface area contributed by atoms with E-state index >= 15 is 0 Å². The maximum Gasteiger partial charge on any atom is 0.256 e. The van der Waals surface area contributed by atoms with Gasteiger partial charge in [0, 0.05) is 12.7 Å². The quantitative estimate of drug-likeness (QED) is 0.927. The molecule has 0 aromatic heterocycles. The Bertz CT molecular complexity index is 746. The minimum absolute atomic E-state index is 0.111. The normalized spacial score (nSPS) is 20.2. The lowest BCUT2D eigenvalue weighted by atomic mass is 9.97. The molecule has 2 aromatic rings. The van der Waals surface area contributed by atoms with Gasteiger partial charge in [-0.2, -0.15) is 0 Å². The Hall–Kier alpha value is -2.86. The van der Waals surface area contributed by atoms with E-state index in [2.05, 4.69) is 5.32 Å². The number of hydrogen-bond acceptors (Lipinski definition) is 4. The van der Waals surface area contributed by atoms with Crippen molar-refractivity contribution >= 4 is 17.5 Å². The molecule has 0 bridgehead atoms. The van der Waals surface area contributed by atoms with Crippen LogP contribution in [-0.4, -0.2) is 43.6 Å². The van der Waals surface area contributed by atoms with Gasteiger partial charge in [0.25, 0.3) is 5.91 Å². The van der Waals surface area contributed by atoms with Crippen LogP contribution in [0.5, 0.6) is 5.75 Å². The summed E-state index contributed by atoms with van der Waals surface area (Å²) in [4.78, 5) is 26.3. The highest BCUT2D eigenvalue weighted by Gasteiger charge is 2.39. The van der Waals surface area contributed by atoms with Crippen LogP contribution in [0.15, 0.2) is 54.6 Å². The molecule has 0 unspecified atom stereocenters. The molecule has 0 aliphatic carbocycles. The average Bonchev–Trinajstić information content (AvgIpc) is 2.65. The first-order chi connectivity index (χ1) is 12.1. The van der Waals surface area contributed by atoms with Gasteiger partial charge in [-0.05, 0) is 29.8 Å². The van der Waals surface area contributed by atoms with Gasteiger partial charge < -0.3 is 19.7 Å². The summed E-state index contributed by atoms with van der Waals surface area (Å²) >= 11 is 0. The Labute approximate surface area is 146 Å². The first kappa shape index (κ1) is 17.0. The molecule has 25 heavy (non-hydrogen) atoms. The Kier molecular flexibility index (Phi) is 5.00. The summed E-state index contributed by atoms with van der Waals surface area (Å²) in [6.07, 6.45) is -0.785. The largest absolute Gasteiger partial charge is 0.497 e. The molecule has 0 saturated carbocycles. The summed E-state index contributed by atoms with van der Waals surface area (Å²) in [5, 5.41) is 2.84. The molecule has 0 spiro atoms. The zero-order valence-electron chi connectivity index (χ0n) is 14.1. The van der Waals surface area contributed by atoms with E-state index in [1.165, 1.54) is 0 Å². The fourth-order valence-corrected chi connectivity index (χ4v) is 2.87. The van der Waals surface area contributed by atoms with Crippen LogP contribution in [0.25, 0.3) is 0 Å². The summed E-state index contributed by atoms with van der Waals surface area (Å²) in [5.74, 6) is 0.264. The third-order valence-electron chi connectivity index (χ3n) is 4.24. The van der Waals surface area contributed by atoms with E-state index in [1.807, 2.05) is 30.3 Å². The maximum atomic E-state index is 12.8. The lowest BCUT2D eigenvalue weighted by Crippen LogP contribution is -2.51. The molecule has 0 radical (unpaired) electrons. The lowest BCUT2D eigenvalue weighted by Gasteiger charge is -2.38. The standard InChI is InChI=1S/C19H20N2O4/c1-21-16(22)12-25-18(17(21)13-6-4-3-5-7-13)19(23)20-14-8-10-15(24-2)11-9-14/h3-11,17-18H,12H2,1-2H3,(H,20,23)/t17-,18-/m0/s1. The number of carbonyl (C=O) groups excluding carboxylic acids is 2. The number of anilines is 1. The summed E-state index contributed by atoms with van der Waals surface area (Å²) in [5.41, 5.74) is 1.49. The second-order valence-electron chi connectivity index (χ2n) is 5.81. The molecule has 6 heteroatoms. The Morgan fingerprint density at radius 1 is 1.16 bits per heavy atom. The second kappa shape index (κ2) is 7.36. The molecule has 2 aromatic carbocycles. The van der Waals surface area contributed by atoms with Crippen LogP contribution in [-0.2, 0) is 14.3 Å². The number of methoxy groups -OCH3 is 1. The minimum atomic E-state index is -0.785. The van der Waals surface area contributed by atoms with E-state index in [1.54, 1.807) is 43.3 Å². The first-order valence-corrected chi connectivity index (χ1v) is 7.97. The lowest BCUT2D eigenvalue weighted by molar-refractivity contribution is -0.160. The SMILES string of the molecule is COc1ccc(NC(=O)[C@H]2OCC(=O)N(C)[C@H]2c2ccccc2)cc1. The second-order valence-corrected chi connectivity index (χ2v) is 5.81. The fraction of sp³-hybridized carbons (Fsp3) is 0.263. The van der Waals surface area contributed by atoms with Crippen LogP contribution < -0.4 is 10.1 Å². The molecular weight excluding hydrogens is 320 g/mol. The number of morpholine rings is 1. The zero-order chi connectivity index (χ0) is 17.8. The van der Waals surface area contributed by atoms with Crippen LogP contribution >= 0.6 is 0 Å². The predicted octanol–water partition coefficient (Wildman–Crippen LogP) is 2.23. The van der Waals surface area contributed by atoms with Gasteiger partial charge in [-0.25, -0.2) is 0 Å². The monoisotopic (exact) mass is 340 g/mol. The van der Waals surface area contributed by atoms with Crippen LogP contribution in [0.3, 0.4) is 0 Å². The summed E-state index contributed by atoms with van der Waals surface area (Å²) in [7, 11) is 3.27. The van der Waals surface area contributed by atoms with E-state index in [0.717, 1.165) is 5.56 Å². The van der Waals surface area contributed by atoms with Gasteiger partial charge in [0.05, 0.1) is 13.2 Å². The smallest absolute Gasteiger partial charge is 0.256 e. The highest BCUT2D eigenvalue weighted by Crippen LogP contribution is 2.29. The van der Waals surface area contributed by atoms with E-state index < -0.39 is 12.1 Å². The zero-order valence-corrected chi connectivity index (χ0v) is 14.1. The number of hydrogen-bond donors (Lipinski definition) is 1. The molecule has 1 fully saturated rings. The van der Waals surface area contributed by atoms with Gasteiger partial charge in [0.2, 0.25) is 5.91 Å². The molecule has 3 rings (SSSR count). The van der Waals surface area contributed by atoms with Crippen molar-refractivity contribution in [1.82, 2.24) is 4.90 Å². The van der Waals surface area contributed by atoms with Crippen molar-refractivity contribution in [2.24, 2.45) is 0 Å². The van der Waals surface area contributed by atoms with Crippen LogP contribution in [0.1, 0.15) is 11.6 Å². The Morgan fingerprint density at radius 2 is 1.84 bits per heavy atom.